The van der Waals surface area contributed by atoms with Crippen LogP contribution in [0.25, 0.3) is 22.0 Å². The van der Waals surface area contributed by atoms with Gasteiger partial charge in [0, 0.05) is 42.2 Å². The highest BCUT2D eigenvalue weighted by atomic mass is 32.2. The number of H-pyrrole nitrogens is 1. The number of benzene rings is 1. The lowest BCUT2D eigenvalue weighted by atomic mass is 9.90. The molecule has 1 fully saturated rings. The fourth-order valence-corrected chi connectivity index (χ4v) is 4.77. The molecule has 0 radical (unpaired) electrons. The minimum atomic E-state index is -3.38. The van der Waals surface area contributed by atoms with Crippen molar-refractivity contribution in [1.29, 1.82) is 0 Å². The Labute approximate surface area is 170 Å². The second-order valence-corrected chi connectivity index (χ2v) is 9.99. The molecule has 6 nitrogen and oxygen atoms in total. The maximum Gasteiger partial charge on any atom is 0.274 e. The van der Waals surface area contributed by atoms with Gasteiger partial charge in [-0.2, -0.15) is 0 Å². The Morgan fingerprint density at radius 1 is 1.14 bits per heavy atom. The molecule has 0 unspecified atom stereocenters. The molecule has 0 aliphatic heterocycles. The van der Waals surface area contributed by atoms with Gasteiger partial charge in [-0.3, -0.25) is 4.79 Å². The van der Waals surface area contributed by atoms with Crippen molar-refractivity contribution in [3.8, 4) is 16.9 Å². The molecule has 1 N–H and O–H groups in total. The molecule has 1 aliphatic carbocycles. The Balaban J connectivity index is 1.82. The highest BCUT2D eigenvalue weighted by molar-refractivity contribution is 7.90. The lowest BCUT2D eigenvalue weighted by Gasteiger charge is -2.23. The van der Waals surface area contributed by atoms with Crippen LogP contribution in [0.15, 0.2) is 46.3 Å². The van der Waals surface area contributed by atoms with Gasteiger partial charge < -0.3 is 14.3 Å². The van der Waals surface area contributed by atoms with Gasteiger partial charge in [0.15, 0.2) is 9.84 Å². The molecule has 154 valence electrons. The Bertz CT molecular complexity index is 1200. The minimum absolute atomic E-state index is 0.127. The number of nitrogens with one attached hydrogen (secondary N) is 1. The topological polar surface area (TPSA) is 81.2 Å². The SMILES string of the molecule is Cn1cc(-c2cc(S(C)(=O)=O)ccc2OCC2CCCCC2)c2cc[nH]c2c1=O. The van der Waals surface area contributed by atoms with E-state index >= 15 is 0 Å². The van der Waals surface area contributed by atoms with E-state index in [4.69, 9.17) is 4.74 Å². The summed E-state index contributed by atoms with van der Waals surface area (Å²) in [4.78, 5) is 15.6. The van der Waals surface area contributed by atoms with E-state index < -0.39 is 9.84 Å². The first-order chi connectivity index (χ1) is 13.8. The van der Waals surface area contributed by atoms with E-state index in [0.29, 0.717) is 29.4 Å². The van der Waals surface area contributed by atoms with Crippen LogP contribution in [-0.2, 0) is 16.9 Å². The largest absolute Gasteiger partial charge is 0.493 e. The Hall–Kier alpha value is -2.54. The van der Waals surface area contributed by atoms with Crippen LogP contribution >= 0.6 is 0 Å². The number of aryl methyl sites for hydroxylation is 1. The number of pyridine rings is 1. The van der Waals surface area contributed by atoms with Crippen molar-refractivity contribution in [2.75, 3.05) is 12.9 Å². The summed E-state index contributed by atoms with van der Waals surface area (Å²) < 4.78 is 32.0. The molecular formula is C22H26N2O4S. The summed E-state index contributed by atoms with van der Waals surface area (Å²) >= 11 is 0. The lowest BCUT2D eigenvalue weighted by molar-refractivity contribution is 0.209. The van der Waals surface area contributed by atoms with E-state index in [9.17, 15) is 13.2 Å². The van der Waals surface area contributed by atoms with Crippen LogP contribution in [0.4, 0.5) is 0 Å². The third-order valence-electron chi connectivity index (χ3n) is 5.76. The smallest absolute Gasteiger partial charge is 0.274 e. The summed E-state index contributed by atoms with van der Waals surface area (Å²) in [5.74, 6) is 1.17. The molecule has 1 aromatic carbocycles. The number of sulfone groups is 1. The number of ether oxygens (including phenoxy) is 1. The normalized spacial score (nSPS) is 15.7. The van der Waals surface area contributed by atoms with E-state index in [2.05, 4.69) is 4.98 Å². The molecular weight excluding hydrogens is 388 g/mol. The number of fused-ring (bicyclic) bond motifs is 1. The van der Waals surface area contributed by atoms with Crippen molar-refractivity contribution in [2.45, 2.75) is 37.0 Å². The average molecular weight is 415 g/mol. The first kappa shape index (κ1) is 19.8. The van der Waals surface area contributed by atoms with Crippen LogP contribution in [0.5, 0.6) is 5.75 Å². The molecule has 0 atom stereocenters. The van der Waals surface area contributed by atoms with E-state index in [1.165, 1.54) is 42.9 Å². The number of hydrogen-bond donors (Lipinski definition) is 1. The zero-order valence-corrected chi connectivity index (χ0v) is 17.6. The summed E-state index contributed by atoms with van der Waals surface area (Å²) in [6.07, 6.45) is 10.7. The second-order valence-electron chi connectivity index (χ2n) is 7.97. The third kappa shape index (κ3) is 3.96. The van der Waals surface area contributed by atoms with E-state index in [1.54, 1.807) is 37.6 Å². The van der Waals surface area contributed by atoms with Gasteiger partial charge in [0.2, 0.25) is 0 Å². The van der Waals surface area contributed by atoms with E-state index in [1.807, 2.05) is 6.07 Å². The van der Waals surface area contributed by atoms with Gasteiger partial charge >= 0.3 is 0 Å². The summed E-state index contributed by atoms with van der Waals surface area (Å²) in [6.45, 7) is 0.618. The zero-order chi connectivity index (χ0) is 20.6. The molecule has 2 heterocycles. The Kier molecular flexibility index (Phi) is 5.25. The maximum absolute atomic E-state index is 12.4. The van der Waals surface area contributed by atoms with Gasteiger partial charge in [0.1, 0.15) is 11.3 Å². The molecule has 1 aliphatic rings. The van der Waals surface area contributed by atoms with Crippen LogP contribution < -0.4 is 10.3 Å². The molecule has 0 spiro atoms. The van der Waals surface area contributed by atoms with Crippen molar-refractivity contribution >= 4 is 20.7 Å². The maximum atomic E-state index is 12.4. The standard InChI is InChI=1S/C22H26N2O4S/c1-24-13-19(17-10-11-23-21(17)22(24)25)18-12-16(29(2,26)27)8-9-20(18)28-14-15-6-4-3-5-7-15/h8-13,15,23H,3-7,14H2,1-2H3. The molecule has 3 aromatic rings. The molecule has 4 rings (SSSR count). The predicted octanol–water partition coefficient (Wildman–Crippen LogP) is 3.90. The summed E-state index contributed by atoms with van der Waals surface area (Å²) in [7, 11) is -1.69. The van der Waals surface area contributed by atoms with Crippen LogP contribution in [0, 0.1) is 5.92 Å². The zero-order valence-electron chi connectivity index (χ0n) is 16.8. The van der Waals surface area contributed by atoms with Crippen molar-refractivity contribution in [1.82, 2.24) is 9.55 Å². The quantitative estimate of drug-likeness (QED) is 0.687. The average Bonchev–Trinajstić information content (AvgIpc) is 3.19. The monoisotopic (exact) mass is 414 g/mol. The molecule has 2 aromatic heterocycles. The van der Waals surface area contributed by atoms with Crippen molar-refractivity contribution in [3.63, 3.8) is 0 Å². The summed E-state index contributed by atoms with van der Waals surface area (Å²) in [5.41, 5.74) is 1.82. The number of aromatic nitrogens is 2. The third-order valence-corrected chi connectivity index (χ3v) is 6.87. The minimum Gasteiger partial charge on any atom is -0.493 e. The van der Waals surface area contributed by atoms with Gasteiger partial charge in [0.05, 0.1) is 11.5 Å². The van der Waals surface area contributed by atoms with Gasteiger partial charge in [-0.15, -0.1) is 0 Å². The molecule has 29 heavy (non-hydrogen) atoms. The summed E-state index contributed by atoms with van der Waals surface area (Å²) in [5, 5.41) is 0.751. The Morgan fingerprint density at radius 2 is 1.90 bits per heavy atom. The van der Waals surface area contributed by atoms with Gasteiger partial charge in [-0.05, 0) is 43.0 Å². The lowest BCUT2D eigenvalue weighted by Crippen LogP contribution is -2.17. The van der Waals surface area contributed by atoms with Crippen molar-refractivity contribution in [2.24, 2.45) is 13.0 Å². The van der Waals surface area contributed by atoms with Crippen LogP contribution in [0.2, 0.25) is 0 Å². The number of rotatable bonds is 5. The van der Waals surface area contributed by atoms with E-state index in [0.717, 1.165) is 10.9 Å². The number of hydrogen-bond acceptors (Lipinski definition) is 4. The molecule has 1 saturated carbocycles. The number of nitrogens with zero attached hydrogens (tertiary/aromatic N) is 1. The highest BCUT2D eigenvalue weighted by Crippen LogP contribution is 2.36. The highest BCUT2D eigenvalue weighted by Gasteiger charge is 2.19. The number of aromatic amines is 1. The van der Waals surface area contributed by atoms with Crippen LogP contribution in [0.3, 0.4) is 0 Å². The van der Waals surface area contributed by atoms with Crippen molar-refractivity contribution < 1.29 is 13.2 Å². The van der Waals surface area contributed by atoms with Crippen LogP contribution in [-0.4, -0.2) is 30.8 Å². The van der Waals surface area contributed by atoms with Gasteiger partial charge in [0.25, 0.3) is 5.56 Å². The fraction of sp³-hybridized carbons (Fsp3) is 0.409. The second kappa shape index (κ2) is 7.71. The molecule has 0 amide bonds. The van der Waals surface area contributed by atoms with E-state index in [-0.39, 0.29) is 10.5 Å². The van der Waals surface area contributed by atoms with Gasteiger partial charge in [-0.25, -0.2) is 8.42 Å². The van der Waals surface area contributed by atoms with Crippen LogP contribution in [0.1, 0.15) is 32.1 Å². The predicted molar refractivity (Wildman–Crippen MR) is 114 cm³/mol. The van der Waals surface area contributed by atoms with Crippen molar-refractivity contribution in [3.05, 3.63) is 47.0 Å². The Morgan fingerprint density at radius 3 is 2.62 bits per heavy atom. The first-order valence-electron chi connectivity index (χ1n) is 9.98. The van der Waals surface area contributed by atoms with Gasteiger partial charge in [-0.1, -0.05) is 19.3 Å². The molecule has 7 heteroatoms. The molecule has 0 saturated heterocycles. The summed E-state index contributed by atoms with van der Waals surface area (Å²) in [6, 6.07) is 6.81. The fourth-order valence-electron chi connectivity index (χ4n) is 4.12. The molecule has 0 bridgehead atoms. The first-order valence-corrected chi connectivity index (χ1v) is 11.9.